The van der Waals surface area contributed by atoms with Crippen molar-refractivity contribution in [3.05, 3.63) is 66.4 Å². The lowest BCUT2D eigenvalue weighted by Crippen LogP contribution is -2.59. The molecule has 2 heterocycles. The smallest absolute Gasteiger partial charge is 0.395 e. The van der Waals surface area contributed by atoms with Crippen molar-refractivity contribution in [3.8, 4) is 11.5 Å². The van der Waals surface area contributed by atoms with Gasteiger partial charge in [0.05, 0.1) is 48.2 Å². The fraction of sp³-hybridized carbons (Fsp3) is 0.604. The van der Waals surface area contributed by atoms with Gasteiger partial charge >= 0.3 is 7.82 Å². The number of hydrogen-bond donors (Lipinski definition) is 3. The number of hydrogen-bond acceptors (Lipinski definition) is 11. The van der Waals surface area contributed by atoms with E-state index in [4.69, 9.17) is 18.5 Å². The van der Waals surface area contributed by atoms with Crippen molar-refractivity contribution in [1.29, 1.82) is 0 Å². The Hall–Kier alpha value is -4.60. The van der Waals surface area contributed by atoms with E-state index in [2.05, 4.69) is 15.6 Å². The molecule has 4 rings (SSSR count). The van der Waals surface area contributed by atoms with Crippen LogP contribution in [0.4, 0.5) is 0 Å². The standard InChI is InChI=1S/C48H73N6O10P/c1-13-32(6)44(53(10)48(58)42(30(2)3)51-47(57)43(31(4)5)52(8)9)40(61-11)29-41(55)54-27-15-17-39(54)45(62-12)33(7)46(56)50-26-24-34-18-20-36(21-19-34)63-65(59,60)64-37-22-23-38-35(28-37)16-14-25-49-38/h14,16,18-23,25,28,30-33,39-40,42-45H,13,15,17,24,26-27,29H2,1-12H3,(H,50,56)(H,51,57)(H,59,60)/t32-,33+,39-,40+,42-,43-,44-,45+/m0/s1. The number of phosphoric ester groups is 1. The van der Waals surface area contributed by atoms with E-state index >= 15 is 0 Å². The van der Waals surface area contributed by atoms with Gasteiger partial charge < -0.3 is 39.0 Å². The van der Waals surface area contributed by atoms with Crippen molar-refractivity contribution in [1.82, 2.24) is 30.3 Å². The monoisotopic (exact) mass is 925 g/mol. The number of fused-ring (bicyclic) bond motifs is 1. The van der Waals surface area contributed by atoms with Gasteiger partial charge in [0, 0.05) is 45.9 Å². The summed E-state index contributed by atoms with van der Waals surface area (Å²) in [5.74, 6) is -1.29. The highest BCUT2D eigenvalue weighted by Crippen LogP contribution is 2.45. The zero-order valence-electron chi connectivity index (χ0n) is 40.4. The highest BCUT2D eigenvalue weighted by Gasteiger charge is 2.43. The number of rotatable bonds is 24. The van der Waals surface area contributed by atoms with Crippen molar-refractivity contribution in [2.24, 2.45) is 23.7 Å². The maximum absolute atomic E-state index is 14.3. The largest absolute Gasteiger partial charge is 0.584 e. The Bertz CT molecular complexity index is 2080. The summed E-state index contributed by atoms with van der Waals surface area (Å²) in [6.45, 7) is 14.5. The molecule has 0 bridgehead atoms. The molecule has 1 unspecified atom stereocenters. The lowest BCUT2D eigenvalue weighted by Gasteiger charge is -2.41. The minimum atomic E-state index is -4.50. The van der Waals surface area contributed by atoms with E-state index in [-0.39, 0.29) is 65.3 Å². The number of nitrogens with zero attached hydrogens (tertiary/aromatic N) is 4. The lowest BCUT2D eigenvalue weighted by molar-refractivity contribution is -0.148. The molecule has 17 heteroatoms. The molecule has 3 aromatic rings. The quantitative estimate of drug-likeness (QED) is 0.0878. The Morgan fingerprint density at radius 1 is 0.908 bits per heavy atom. The number of amides is 4. The third kappa shape index (κ3) is 14.2. The Kier molecular flexibility index (Phi) is 19.8. The van der Waals surface area contributed by atoms with Gasteiger partial charge in [-0.2, -0.15) is 0 Å². The fourth-order valence-electron chi connectivity index (χ4n) is 9.01. The molecule has 1 aliphatic heterocycles. The van der Waals surface area contributed by atoms with Crippen LogP contribution in [0.1, 0.15) is 79.7 Å². The van der Waals surface area contributed by atoms with E-state index in [0.29, 0.717) is 25.9 Å². The Balaban J connectivity index is 1.35. The molecule has 360 valence electrons. The second kappa shape index (κ2) is 24.3. The summed E-state index contributed by atoms with van der Waals surface area (Å²) in [4.78, 5) is 75.6. The van der Waals surface area contributed by atoms with Crippen molar-refractivity contribution < 1.29 is 47.2 Å². The van der Waals surface area contributed by atoms with E-state index in [1.165, 1.54) is 0 Å². The molecule has 1 saturated heterocycles. The van der Waals surface area contributed by atoms with Gasteiger partial charge in [-0.15, -0.1) is 0 Å². The molecule has 1 fully saturated rings. The van der Waals surface area contributed by atoms with Crippen LogP contribution < -0.4 is 19.7 Å². The van der Waals surface area contributed by atoms with Gasteiger partial charge in [0.2, 0.25) is 23.6 Å². The van der Waals surface area contributed by atoms with Gasteiger partial charge in [0.25, 0.3) is 0 Å². The van der Waals surface area contributed by atoms with E-state index in [1.807, 2.05) is 66.6 Å². The van der Waals surface area contributed by atoms with Crippen LogP contribution in [0, 0.1) is 23.7 Å². The minimum Gasteiger partial charge on any atom is -0.395 e. The van der Waals surface area contributed by atoms with Crippen molar-refractivity contribution >= 4 is 42.4 Å². The highest BCUT2D eigenvalue weighted by molar-refractivity contribution is 7.48. The Morgan fingerprint density at radius 2 is 1.57 bits per heavy atom. The van der Waals surface area contributed by atoms with Gasteiger partial charge in [0.15, 0.2) is 0 Å². The molecule has 0 radical (unpaired) electrons. The molecule has 0 saturated carbocycles. The van der Waals surface area contributed by atoms with Crippen molar-refractivity contribution in [2.45, 2.75) is 117 Å². The molecule has 0 spiro atoms. The number of likely N-dealkylation sites (N-methyl/N-ethyl adjacent to an activating group) is 2. The van der Waals surface area contributed by atoms with Gasteiger partial charge in [-0.05, 0) is 93.1 Å². The average molecular weight is 925 g/mol. The highest BCUT2D eigenvalue weighted by atomic mass is 31.2. The normalized spacial score (nSPS) is 18.3. The van der Waals surface area contributed by atoms with Crippen LogP contribution in [0.25, 0.3) is 10.9 Å². The molecular weight excluding hydrogens is 852 g/mol. The first-order chi connectivity index (χ1) is 30.7. The zero-order valence-corrected chi connectivity index (χ0v) is 41.2. The second-order valence-corrected chi connectivity index (χ2v) is 19.5. The summed E-state index contributed by atoms with van der Waals surface area (Å²) in [7, 11) is 4.04. The van der Waals surface area contributed by atoms with Crippen LogP contribution in [0.3, 0.4) is 0 Å². The molecule has 1 aliphatic rings. The number of likely N-dealkylation sites (tertiary alicyclic amines) is 1. The molecule has 0 aliphatic carbocycles. The number of methoxy groups -OCH3 is 2. The Labute approximate surface area is 385 Å². The second-order valence-electron chi connectivity index (χ2n) is 18.2. The summed E-state index contributed by atoms with van der Waals surface area (Å²) >= 11 is 0. The van der Waals surface area contributed by atoms with Crippen LogP contribution in [0.5, 0.6) is 11.5 Å². The van der Waals surface area contributed by atoms with Gasteiger partial charge in [-0.3, -0.25) is 34.0 Å². The van der Waals surface area contributed by atoms with Crippen LogP contribution in [-0.2, 0) is 39.6 Å². The fourth-order valence-corrected chi connectivity index (χ4v) is 9.82. The first-order valence-corrected chi connectivity index (χ1v) is 24.2. The summed E-state index contributed by atoms with van der Waals surface area (Å²) < 4.78 is 35.4. The lowest BCUT2D eigenvalue weighted by atomic mass is 9.89. The maximum atomic E-state index is 14.3. The molecule has 65 heavy (non-hydrogen) atoms. The topological polar surface area (TPSA) is 189 Å². The number of aromatic nitrogens is 1. The third-order valence-corrected chi connectivity index (χ3v) is 13.5. The number of carbonyl (C=O) groups excluding carboxylic acids is 4. The van der Waals surface area contributed by atoms with Gasteiger partial charge in [-0.25, -0.2) is 4.57 Å². The van der Waals surface area contributed by atoms with Crippen molar-refractivity contribution in [3.63, 3.8) is 0 Å². The van der Waals surface area contributed by atoms with Crippen LogP contribution in [-0.4, -0.2) is 133 Å². The molecule has 1 aromatic heterocycles. The van der Waals surface area contributed by atoms with E-state index in [0.717, 1.165) is 29.3 Å². The molecule has 9 atom stereocenters. The number of nitrogens with one attached hydrogen (secondary N) is 2. The van der Waals surface area contributed by atoms with Gasteiger partial charge in [-0.1, -0.05) is 73.1 Å². The Morgan fingerprint density at radius 3 is 2.17 bits per heavy atom. The zero-order chi connectivity index (χ0) is 48.2. The van der Waals surface area contributed by atoms with Gasteiger partial charge in [0.1, 0.15) is 17.5 Å². The van der Waals surface area contributed by atoms with E-state index in [1.54, 1.807) is 92.7 Å². The first kappa shape index (κ1) is 53.0. The summed E-state index contributed by atoms with van der Waals surface area (Å²) in [5.41, 5.74) is 1.59. The number of ether oxygens (including phenoxy) is 2. The van der Waals surface area contributed by atoms with Crippen LogP contribution in [0.15, 0.2) is 60.8 Å². The SMILES string of the molecule is CC[C@H](C)[C@@H]([C@@H](CC(=O)N1CCC[C@H]1[C@H](OC)[C@@H](C)C(=O)NCCc1ccc(OP(=O)(O)Oc2ccc3ncccc3c2)cc1)OC)N(C)C(=O)[C@@H](NC(=O)[C@H](C(C)C)N(C)C)C(C)C. The molecular formula is C48H73N6O10P. The van der Waals surface area contributed by atoms with Crippen molar-refractivity contribution in [2.75, 3.05) is 48.5 Å². The van der Waals surface area contributed by atoms with E-state index in [9.17, 15) is 28.6 Å². The van der Waals surface area contributed by atoms with E-state index < -0.39 is 44.1 Å². The molecule has 4 amide bonds. The molecule has 3 N–H and O–H groups in total. The minimum absolute atomic E-state index is 0.0144. The summed E-state index contributed by atoms with van der Waals surface area (Å²) in [6, 6.07) is 13.1. The van der Waals surface area contributed by atoms with Crippen LogP contribution in [0.2, 0.25) is 0 Å². The van der Waals surface area contributed by atoms with Crippen LogP contribution >= 0.6 is 7.82 Å². The number of benzene rings is 2. The number of carbonyl (C=O) groups is 4. The predicted octanol–water partition coefficient (Wildman–Crippen LogP) is 6.10. The summed E-state index contributed by atoms with van der Waals surface area (Å²) in [6.07, 6.45) is 3.06. The third-order valence-electron chi connectivity index (χ3n) is 12.6. The average Bonchev–Trinajstić information content (AvgIpc) is 3.74. The summed E-state index contributed by atoms with van der Waals surface area (Å²) in [5, 5.41) is 6.79. The number of phosphoric acid groups is 1. The molecule has 2 aromatic carbocycles. The maximum Gasteiger partial charge on any atom is 0.584 e. The first-order valence-electron chi connectivity index (χ1n) is 22.7. The number of pyridine rings is 1. The molecule has 16 nitrogen and oxygen atoms in total. The predicted molar refractivity (Wildman–Crippen MR) is 251 cm³/mol.